The lowest BCUT2D eigenvalue weighted by Crippen LogP contribution is -2.36. The van der Waals surface area contributed by atoms with Crippen LogP contribution in [0.25, 0.3) is 0 Å². The number of hydrazone groups is 1. The Labute approximate surface area is 112 Å². The van der Waals surface area contributed by atoms with Gasteiger partial charge in [-0.05, 0) is 29.9 Å². The normalized spacial score (nSPS) is 15.9. The first-order chi connectivity index (χ1) is 8.75. The monoisotopic (exact) mass is 264 g/mol. The van der Waals surface area contributed by atoms with Crippen molar-refractivity contribution in [1.82, 2.24) is 5.43 Å². The van der Waals surface area contributed by atoms with E-state index in [0.717, 1.165) is 31.9 Å². The van der Waals surface area contributed by atoms with Crippen LogP contribution in [-0.2, 0) is 4.74 Å². The topological polar surface area (TPSA) is 62.9 Å². The number of ether oxygens (including phenoxy) is 1. The molecule has 0 amide bonds. The van der Waals surface area contributed by atoms with Crippen molar-refractivity contribution < 1.29 is 4.74 Å². The number of nitrogens with zero attached hydrogens (tertiary/aromatic N) is 2. The smallest absolute Gasteiger partial charge is 0.184 e. The minimum absolute atomic E-state index is 0.163. The van der Waals surface area contributed by atoms with Gasteiger partial charge in [-0.1, -0.05) is 12.1 Å². The third-order valence-corrected chi connectivity index (χ3v) is 2.75. The van der Waals surface area contributed by atoms with Crippen LogP contribution in [0.4, 0.5) is 5.69 Å². The van der Waals surface area contributed by atoms with Gasteiger partial charge in [0, 0.05) is 18.8 Å². The molecule has 5 nitrogen and oxygen atoms in total. The van der Waals surface area contributed by atoms with Crippen LogP contribution in [-0.4, -0.2) is 37.6 Å². The largest absolute Gasteiger partial charge is 0.378 e. The predicted octanol–water partition coefficient (Wildman–Crippen LogP) is 0.690. The van der Waals surface area contributed by atoms with Crippen molar-refractivity contribution in [2.45, 2.75) is 0 Å². The molecule has 0 radical (unpaired) electrons. The van der Waals surface area contributed by atoms with Crippen molar-refractivity contribution in [3.63, 3.8) is 0 Å². The summed E-state index contributed by atoms with van der Waals surface area (Å²) in [6, 6.07) is 8.17. The van der Waals surface area contributed by atoms with E-state index >= 15 is 0 Å². The standard InChI is InChI=1S/C12H16N4OS/c13-12(18)15-14-9-10-1-3-11(4-2-10)16-5-7-17-8-6-16/h1-4,9H,5-8H2,(H3,13,15,18)/b14-9+. The van der Waals surface area contributed by atoms with Crippen molar-refractivity contribution in [1.29, 1.82) is 0 Å². The molecule has 18 heavy (non-hydrogen) atoms. The number of nitrogens with one attached hydrogen (secondary N) is 1. The zero-order chi connectivity index (χ0) is 12.8. The summed E-state index contributed by atoms with van der Waals surface area (Å²) >= 11 is 4.65. The van der Waals surface area contributed by atoms with Gasteiger partial charge < -0.3 is 15.4 Å². The first kappa shape index (κ1) is 12.8. The highest BCUT2D eigenvalue weighted by Gasteiger charge is 2.10. The molecular weight excluding hydrogens is 248 g/mol. The van der Waals surface area contributed by atoms with E-state index in [1.165, 1.54) is 5.69 Å². The van der Waals surface area contributed by atoms with Crippen LogP contribution in [0.15, 0.2) is 29.4 Å². The van der Waals surface area contributed by atoms with Gasteiger partial charge in [0.2, 0.25) is 0 Å². The van der Waals surface area contributed by atoms with Crippen LogP contribution in [0.3, 0.4) is 0 Å². The summed E-state index contributed by atoms with van der Waals surface area (Å²) in [4.78, 5) is 2.30. The van der Waals surface area contributed by atoms with E-state index < -0.39 is 0 Å². The molecule has 1 saturated heterocycles. The summed E-state index contributed by atoms with van der Waals surface area (Å²) in [6.07, 6.45) is 1.68. The second-order valence-electron chi connectivity index (χ2n) is 3.93. The van der Waals surface area contributed by atoms with Crippen molar-refractivity contribution in [2.24, 2.45) is 10.8 Å². The maximum atomic E-state index is 5.33. The number of hydrogen-bond acceptors (Lipinski definition) is 4. The van der Waals surface area contributed by atoms with Crippen LogP contribution in [0.5, 0.6) is 0 Å². The molecule has 1 fully saturated rings. The maximum absolute atomic E-state index is 5.33. The van der Waals surface area contributed by atoms with E-state index in [1.807, 2.05) is 12.1 Å². The third-order valence-electron chi connectivity index (χ3n) is 2.66. The fourth-order valence-electron chi connectivity index (χ4n) is 1.76. The summed E-state index contributed by atoms with van der Waals surface area (Å²) in [7, 11) is 0. The maximum Gasteiger partial charge on any atom is 0.184 e. The lowest BCUT2D eigenvalue weighted by molar-refractivity contribution is 0.122. The van der Waals surface area contributed by atoms with Gasteiger partial charge in [0.15, 0.2) is 5.11 Å². The number of nitrogens with two attached hydrogens (primary N) is 1. The molecule has 1 aliphatic rings. The molecule has 3 N–H and O–H groups in total. The Bertz CT molecular complexity index is 426. The molecule has 1 heterocycles. The molecule has 0 saturated carbocycles. The Balaban J connectivity index is 1.96. The van der Waals surface area contributed by atoms with Gasteiger partial charge in [0.05, 0.1) is 19.4 Å². The number of benzene rings is 1. The highest BCUT2D eigenvalue weighted by molar-refractivity contribution is 7.80. The molecule has 0 spiro atoms. The molecular formula is C12H16N4OS. The van der Waals surface area contributed by atoms with Crippen LogP contribution < -0.4 is 16.1 Å². The number of hydrogen-bond donors (Lipinski definition) is 2. The predicted molar refractivity (Wildman–Crippen MR) is 77.0 cm³/mol. The molecule has 2 rings (SSSR count). The molecule has 0 atom stereocenters. The zero-order valence-electron chi connectivity index (χ0n) is 10.0. The molecule has 1 aliphatic heterocycles. The van der Waals surface area contributed by atoms with Gasteiger partial charge >= 0.3 is 0 Å². The fourth-order valence-corrected chi connectivity index (χ4v) is 1.82. The Morgan fingerprint density at radius 3 is 2.61 bits per heavy atom. The average Bonchev–Trinajstić information content (AvgIpc) is 2.40. The Kier molecular flexibility index (Phi) is 4.49. The summed E-state index contributed by atoms with van der Waals surface area (Å²) in [6.45, 7) is 3.47. The molecule has 1 aromatic rings. The van der Waals surface area contributed by atoms with E-state index in [0.29, 0.717) is 0 Å². The van der Waals surface area contributed by atoms with E-state index in [2.05, 4.69) is 39.8 Å². The first-order valence-electron chi connectivity index (χ1n) is 5.77. The lowest BCUT2D eigenvalue weighted by Gasteiger charge is -2.28. The highest BCUT2D eigenvalue weighted by Crippen LogP contribution is 2.15. The van der Waals surface area contributed by atoms with Gasteiger partial charge in [-0.2, -0.15) is 5.10 Å². The Morgan fingerprint density at radius 1 is 1.33 bits per heavy atom. The van der Waals surface area contributed by atoms with Gasteiger partial charge in [-0.3, -0.25) is 5.43 Å². The summed E-state index contributed by atoms with van der Waals surface area (Å²) < 4.78 is 5.33. The summed E-state index contributed by atoms with van der Waals surface area (Å²) in [5.41, 5.74) is 9.99. The number of morpholine rings is 1. The third kappa shape index (κ3) is 3.68. The van der Waals surface area contributed by atoms with E-state index in [1.54, 1.807) is 6.21 Å². The second-order valence-corrected chi connectivity index (χ2v) is 4.37. The Hall–Kier alpha value is -1.66. The number of anilines is 1. The van der Waals surface area contributed by atoms with Crippen molar-refractivity contribution in [3.8, 4) is 0 Å². The molecule has 1 aromatic carbocycles. The average molecular weight is 264 g/mol. The SMILES string of the molecule is NC(=S)N/N=C/c1ccc(N2CCOCC2)cc1. The minimum Gasteiger partial charge on any atom is -0.378 e. The van der Waals surface area contributed by atoms with E-state index in [9.17, 15) is 0 Å². The minimum atomic E-state index is 0.163. The van der Waals surface area contributed by atoms with Gasteiger partial charge in [0.25, 0.3) is 0 Å². The van der Waals surface area contributed by atoms with E-state index in [4.69, 9.17) is 10.5 Å². The summed E-state index contributed by atoms with van der Waals surface area (Å²) in [5.74, 6) is 0. The van der Waals surface area contributed by atoms with Crippen LogP contribution in [0.1, 0.15) is 5.56 Å². The molecule has 96 valence electrons. The summed E-state index contributed by atoms with van der Waals surface area (Å²) in [5, 5.41) is 4.07. The Morgan fingerprint density at radius 2 is 2.00 bits per heavy atom. The van der Waals surface area contributed by atoms with Crippen LogP contribution >= 0.6 is 12.2 Å². The lowest BCUT2D eigenvalue weighted by atomic mass is 10.2. The fraction of sp³-hybridized carbons (Fsp3) is 0.333. The van der Waals surface area contributed by atoms with Crippen LogP contribution in [0, 0.1) is 0 Å². The molecule has 0 aromatic heterocycles. The second kappa shape index (κ2) is 6.32. The highest BCUT2D eigenvalue weighted by atomic mass is 32.1. The van der Waals surface area contributed by atoms with Gasteiger partial charge in [0.1, 0.15) is 0 Å². The number of thiocarbonyl (C=S) groups is 1. The first-order valence-corrected chi connectivity index (χ1v) is 6.18. The molecule has 0 bridgehead atoms. The molecule has 6 heteroatoms. The van der Waals surface area contributed by atoms with Gasteiger partial charge in [-0.25, -0.2) is 0 Å². The van der Waals surface area contributed by atoms with Crippen LogP contribution in [0.2, 0.25) is 0 Å². The van der Waals surface area contributed by atoms with E-state index in [-0.39, 0.29) is 5.11 Å². The van der Waals surface area contributed by atoms with Crippen molar-refractivity contribution in [2.75, 3.05) is 31.2 Å². The molecule has 0 unspecified atom stereocenters. The zero-order valence-corrected chi connectivity index (χ0v) is 10.8. The van der Waals surface area contributed by atoms with Crippen molar-refractivity contribution >= 4 is 29.2 Å². The quantitative estimate of drug-likeness (QED) is 0.478. The van der Waals surface area contributed by atoms with Gasteiger partial charge in [-0.15, -0.1) is 0 Å². The van der Waals surface area contributed by atoms with Crippen molar-refractivity contribution in [3.05, 3.63) is 29.8 Å². The molecule has 0 aliphatic carbocycles. The number of rotatable bonds is 3.